The average Bonchev–Trinajstić information content (AvgIpc) is 2.95. The summed E-state index contributed by atoms with van der Waals surface area (Å²) in [4.78, 5) is 12.2. The van der Waals surface area contributed by atoms with Crippen molar-refractivity contribution in [3.8, 4) is 0 Å². The second-order valence-corrected chi connectivity index (χ2v) is 6.13. The second kappa shape index (κ2) is 5.57. The molecule has 0 spiro atoms. The third-order valence-corrected chi connectivity index (χ3v) is 5.07. The van der Waals surface area contributed by atoms with E-state index in [1.165, 1.54) is 6.42 Å². The Bertz CT molecular complexity index is 306. The molecule has 2 bridgehead atoms. The third kappa shape index (κ3) is 2.54. The molecule has 6 atom stereocenters. The fourth-order valence-electron chi connectivity index (χ4n) is 3.52. The number of fused-ring (bicyclic) bond motifs is 2. The van der Waals surface area contributed by atoms with Crippen LogP contribution in [0.25, 0.3) is 0 Å². The van der Waals surface area contributed by atoms with Crippen molar-refractivity contribution in [3.63, 3.8) is 0 Å². The van der Waals surface area contributed by atoms with Gasteiger partial charge in [0.25, 0.3) is 0 Å². The van der Waals surface area contributed by atoms with E-state index in [1.54, 1.807) is 0 Å². The maximum absolute atomic E-state index is 12.2. The number of nitrogens with two attached hydrogens (primary N) is 1. The second-order valence-electron chi connectivity index (χ2n) is 6.13. The molecular formula is C14H26N2O2. The van der Waals surface area contributed by atoms with Gasteiger partial charge in [0.05, 0.1) is 12.0 Å². The molecule has 2 saturated carbocycles. The van der Waals surface area contributed by atoms with Crippen LogP contribution in [0.3, 0.4) is 0 Å². The van der Waals surface area contributed by atoms with Crippen LogP contribution in [-0.2, 0) is 4.79 Å². The SMILES string of the molecule is CCC(C)C(O)CNC(=O)C1C2CCC(C2)C1N. The van der Waals surface area contributed by atoms with Gasteiger partial charge >= 0.3 is 0 Å². The number of carbonyl (C=O) groups is 1. The Morgan fingerprint density at radius 2 is 2.11 bits per heavy atom. The molecule has 0 heterocycles. The predicted octanol–water partition coefficient (Wildman–Crippen LogP) is 0.883. The van der Waals surface area contributed by atoms with Crippen LogP contribution in [0, 0.1) is 23.7 Å². The van der Waals surface area contributed by atoms with Crippen molar-refractivity contribution >= 4 is 5.91 Å². The highest BCUT2D eigenvalue weighted by molar-refractivity contribution is 5.80. The zero-order valence-electron chi connectivity index (χ0n) is 11.4. The van der Waals surface area contributed by atoms with Gasteiger partial charge in [-0.15, -0.1) is 0 Å². The van der Waals surface area contributed by atoms with Gasteiger partial charge in [0, 0.05) is 12.6 Å². The predicted molar refractivity (Wildman–Crippen MR) is 70.8 cm³/mol. The Morgan fingerprint density at radius 3 is 2.67 bits per heavy atom. The highest BCUT2D eigenvalue weighted by atomic mass is 16.3. The van der Waals surface area contributed by atoms with E-state index < -0.39 is 6.10 Å². The number of carbonyl (C=O) groups excluding carboxylic acids is 1. The van der Waals surface area contributed by atoms with E-state index in [1.807, 2.05) is 13.8 Å². The molecule has 4 N–H and O–H groups in total. The van der Waals surface area contributed by atoms with Gasteiger partial charge in [-0.3, -0.25) is 4.79 Å². The van der Waals surface area contributed by atoms with E-state index in [9.17, 15) is 9.90 Å². The fraction of sp³-hybridized carbons (Fsp3) is 0.929. The first-order chi connectivity index (χ1) is 8.54. The van der Waals surface area contributed by atoms with Gasteiger partial charge in [-0.25, -0.2) is 0 Å². The van der Waals surface area contributed by atoms with Crippen molar-refractivity contribution < 1.29 is 9.90 Å². The Kier molecular flexibility index (Phi) is 4.28. The summed E-state index contributed by atoms with van der Waals surface area (Å²) in [5.74, 6) is 1.28. The normalized spacial score (nSPS) is 37.6. The minimum Gasteiger partial charge on any atom is -0.391 e. The lowest BCUT2D eigenvalue weighted by Crippen LogP contribution is -2.47. The number of aliphatic hydroxyl groups excluding tert-OH is 1. The molecule has 0 aromatic rings. The minimum atomic E-state index is -0.450. The molecule has 0 aromatic heterocycles. The maximum atomic E-state index is 12.2. The van der Waals surface area contributed by atoms with Crippen molar-refractivity contribution in [1.82, 2.24) is 5.32 Å². The highest BCUT2D eigenvalue weighted by Gasteiger charge is 2.48. The van der Waals surface area contributed by atoms with Gasteiger partial charge in [0.1, 0.15) is 0 Å². The number of aliphatic hydroxyl groups is 1. The lowest BCUT2D eigenvalue weighted by molar-refractivity contribution is -0.127. The van der Waals surface area contributed by atoms with Gasteiger partial charge in [0.2, 0.25) is 5.91 Å². The minimum absolute atomic E-state index is 0.0205. The molecule has 18 heavy (non-hydrogen) atoms. The first kappa shape index (κ1) is 13.8. The quantitative estimate of drug-likeness (QED) is 0.682. The smallest absolute Gasteiger partial charge is 0.225 e. The Balaban J connectivity index is 1.82. The van der Waals surface area contributed by atoms with Crippen LogP contribution in [0.2, 0.25) is 0 Å². The third-order valence-electron chi connectivity index (χ3n) is 5.07. The van der Waals surface area contributed by atoms with E-state index in [0.717, 1.165) is 19.3 Å². The summed E-state index contributed by atoms with van der Waals surface area (Å²) in [6.07, 6.45) is 3.92. The summed E-state index contributed by atoms with van der Waals surface area (Å²) in [5.41, 5.74) is 6.13. The van der Waals surface area contributed by atoms with E-state index >= 15 is 0 Å². The zero-order valence-corrected chi connectivity index (χ0v) is 11.4. The maximum Gasteiger partial charge on any atom is 0.225 e. The first-order valence-corrected chi connectivity index (χ1v) is 7.26. The monoisotopic (exact) mass is 254 g/mol. The van der Waals surface area contributed by atoms with Gasteiger partial charge in [-0.05, 0) is 37.0 Å². The summed E-state index contributed by atoms with van der Waals surface area (Å²) in [7, 11) is 0. The van der Waals surface area contributed by atoms with Gasteiger partial charge in [0.15, 0.2) is 0 Å². The number of amides is 1. The lowest BCUT2D eigenvalue weighted by Gasteiger charge is -2.28. The van der Waals surface area contributed by atoms with Crippen molar-refractivity contribution in [1.29, 1.82) is 0 Å². The molecule has 6 unspecified atom stereocenters. The van der Waals surface area contributed by atoms with Crippen molar-refractivity contribution in [3.05, 3.63) is 0 Å². The van der Waals surface area contributed by atoms with Crippen LogP contribution in [0.5, 0.6) is 0 Å². The molecule has 2 rings (SSSR count). The molecule has 4 nitrogen and oxygen atoms in total. The number of nitrogens with one attached hydrogen (secondary N) is 1. The van der Waals surface area contributed by atoms with Gasteiger partial charge in [-0.1, -0.05) is 20.3 Å². The van der Waals surface area contributed by atoms with Crippen LogP contribution < -0.4 is 11.1 Å². The van der Waals surface area contributed by atoms with E-state index in [2.05, 4.69) is 5.32 Å². The molecular weight excluding hydrogens is 228 g/mol. The lowest BCUT2D eigenvalue weighted by atomic mass is 9.84. The molecule has 0 aliphatic heterocycles. The molecule has 2 fully saturated rings. The van der Waals surface area contributed by atoms with E-state index in [0.29, 0.717) is 18.4 Å². The van der Waals surface area contributed by atoms with E-state index in [4.69, 9.17) is 5.73 Å². The Hall–Kier alpha value is -0.610. The van der Waals surface area contributed by atoms with Crippen molar-refractivity contribution in [2.24, 2.45) is 29.4 Å². The zero-order chi connectivity index (χ0) is 13.3. The summed E-state index contributed by atoms with van der Waals surface area (Å²) >= 11 is 0. The van der Waals surface area contributed by atoms with Crippen LogP contribution in [-0.4, -0.2) is 29.7 Å². The van der Waals surface area contributed by atoms with Crippen molar-refractivity contribution in [2.45, 2.75) is 51.7 Å². The highest BCUT2D eigenvalue weighted by Crippen LogP contribution is 2.47. The average molecular weight is 254 g/mol. The molecule has 0 saturated heterocycles. The van der Waals surface area contributed by atoms with Crippen LogP contribution >= 0.6 is 0 Å². The molecule has 2 aliphatic rings. The number of rotatable bonds is 5. The fourth-order valence-corrected chi connectivity index (χ4v) is 3.52. The standard InChI is InChI=1S/C14H26N2O2/c1-3-8(2)11(17)7-16-14(18)12-9-4-5-10(6-9)13(12)15/h8-13,17H,3-7,15H2,1-2H3,(H,16,18). The molecule has 0 aromatic carbocycles. The number of hydrogen-bond donors (Lipinski definition) is 3. The number of hydrogen-bond acceptors (Lipinski definition) is 3. The first-order valence-electron chi connectivity index (χ1n) is 7.26. The Morgan fingerprint density at radius 1 is 1.44 bits per heavy atom. The molecule has 104 valence electrons. The topological polar surface area (TPSA) is 75.3 Å². The molecule has 1 amide bonds. The molecule has 4 heteroatoms. The van der Waals surface area contributed by atoms with Crippen LogP contribution in [0.15, 0.2) is 0 Å². The van der Waals surface area contributed by atoms with E-state index in [-0.39, 0.29) is 23.8 Å². The van der Waals surface area contributed by atoms with Crippen molar-refractivity contribution in [2.75, 3.05) is 6.54 Å². The Labute approximate surface area is 109 Å². The largest absolute Gasteiger partial charge is 0.391 e. The van der Waals surface area contributed by atoms with Crippen LogP contribution in [0.4, 0.5) is 0 Å². The van der Waals surface area contributed by atoms with Crippen LogP contribution in [0.1, 0.15) is 39.5 Å². The van der Waals surface area contributed by atoms with Gasteiger partial charge in [-0.2, -0.15) is 0 Å². The summed E-state index contributed by atoms with van der Waals surface area (Å²) < 4.78 is 0. The summed E-state index contributed by atoms with van der Waals surface area (Å²) in [6.45, 7) is 4.40. The molecule has 2 aliphatic carbocycles. The summed E-state index contributed by atoms with van der Waals surface area (Å²) in [6, 6.07) is 0.0319. The molecule has 0 radical (unpaired) electrons. The summed E-state index contributed by atoms with van der Waals surface area (Å²) in [5, 5.41) is 12.7. The van der Waals surface area contributed by atoms with Gasteiger partial charge < -0.3 is 16.2 Å².